The molecular weight excluding hydrogens is 511 g/mol. The maximum absolute atomic E-state index is 12.4. The van der Waals surface area contributed by atoms with Crippen molar-refractivity contribution in [2.75, 3.05) is 25.4 Å². The van der Waals surface area contributed by atoms with Gasteiger partial charge in [0, 0.05) is 37.9 Å². The van der Waals surface area contributed by atoms with E-state index in [0.717, 1.165) is 19.5 Å². The fourth-order valence-corrected chi connectivity index (χ4v) is 4.34. The van der Waals surface area contributed by atoms with E-state index in [2.05, 4.69) is 44.6 Å². The quantitative estimate of drug-likeness (QED) is 0.188. The van der Waals surface area contributed by atoms with Crippen LogP contribution in [0.4, 0.5) is 0 Å². The van der Waals surface area contributed by atoms with E-state index in [1.807, 2.05) is 25.1 Å². The molecule has 30 heavy (non-hydrogen) atoms. The highest BCUT2D eigenvalue weighted by molar-refractivity contribution is 14.0. The van der Waals surface area contributed by atoms with Gasteiger partial charge in [0.15, 0.2) is 15.8 Å². The van der Waals surface area contributed by atoms with E-state index in [4.69, 9.17) is 0 Å². The molecule has 3 rings (SSSR count). The molecule has 1 heterocycles. The number of para-hydroxylation sites is 1. The van der Waals surface area contributed by atoms with Gasteiger partial charge in [-0.25, -0.2) is 8.42 Å². The summed E-state index contributed by atoms with van der Waals surface area (Å²) in [6.07, 6.45) is 3.00. The molecule has 8 heteroatoms. The highest BCUT2D eigenvalue weighted by Crippen LogP contribution is 2.15. The van der Waals surface area contributed by atoms with E-state index >= 15 is 0 Å². The van der Waals surface area contributed by atoms with Crippen molar-refractivity contribution in [3.05, 3.63) is 66.9 Å². The van der Waals surface area contributed by atoms with Gasteiger partial charge in [-0.2, -0.15) is 0 Å². The number of aliphatic imine (C=N–C) groups is 1. The molecule has 0 unspecified atom stereocenters. The van der Waals surface area contributed by atoms with E-state index < -0.39 is 9.84 Å². The maximum Gasteiger partial charge on any atom is 0.191 e. The molecule has 0 atom stereocenters. The van der Waals surface area contributed by atoms with Crippen LogP contribution in [0.15, 0.2) is 76.7 Å². The van der Waals surface area contributed by atoms with Crippen molar-refractivity contribution in [1.82, 2.24) is 15.2 Å². The van der Waals surface area contributed by atoms with Gasteiger partial charge in [0.25, 0.3) is 0 Å². The monoisotopic (exact) mass is 540 g/mol. The van der Waals surface area contributed by atoms with Gasteiger partial charge in [-0.15, -0.1) is 24.0 Å². The minimum Gasteiger partial charge on any atom is -0.357 e. The van der Waals surface area contributed by atoms with Gasteiger partial charge in [0.1, 0.15) is 0 Å². The zero-order valence-electron chi connectivity index (χ0n) is 17.1. The van der Waals surface area contributed by atoms with Crippen molar-refractivity contribution in [3.63, 3.8) is 0 Å². The summed E-state index contributed by atoms with van der Waals surface area (Å²) in [5.74, 6) is 0.671. The molecule has 2 N–H and O–H groups in total. The van der Waals surface area contributed by atoms with E-state index in [0.29, 0.717) is 23.9 Å². The number of halogens is 1. The Morgan fingerprint density at radius 1 is 1.00 bits per heavy atom. The lowest BCUT2D eigenvalue weighted by Gasteiger charge is -2.12. The molecule has 0 aliphatic rings. The molecule has 0 spiro atoms. The number of rotatable bonds is 9. The number of sulfone groups is 1. The molecule has 0 aliphatic carbocycles. The van der Waals surface area contributed by atoms with E-state index in [-0.39, 0.29) is 29.7 Å². The Hall–Kier alpha value is -2.07. The lowest BCUT2D eigenvalue weighted by molar-refractivity contribution is 0.594. The normalized spacial score (nSPS) is 11.8. The van der Waals surface area contributed by atoms with Crippen molar-refractivity contribution in [3.8, 4) is 0 Å². The number of aryl methyl sites for hydroxylation is 1. The van der Waals surface area contributed by atoms with Crippen molar-refractivity contribution in [2.45, 2.75) is 24.8 Å². The highest BCUT2D eigenvalue weighted by atomic mass is 127. The van der Waals surface area contributed by atoms with Crippen molar-refractivity contribution in [2.24, 2.45) is 4.99 Å². The zero-order chi connectivity index (χ0) is 20.5. The largest absolute Gasteiger partial charge is 0.357 e. The Balaban J connectivity index is 0.00000320. The van der Waals surface area contributed by atoms with E-state index in [9.17, 15) is 8.42 Å². The average molecular weight is 540 g/mol. The van der Waals surface area contributed by atoms with Crippen LogP contribution in [0.3, 0.4) is 0 Å². The number of nitrogens with one attached hydrogen (secondary N) is 2. The third kappa shape index (κ3) is 6.73. The summed E-state index contributed by atoms with van der Waals surface area (Å²) < 4.78 is 27.0. The molecule has 0 saturated carbocycles. The zero-order valence-corrected chi connectivity index (χ0v) is 20.3. The molecule has 2 aromatic carbocycles. The standard InChI is InChI=1S/C22H28N4O2S.HI/c1-2-23-22(25-15-18-29(27,28)20-10-4-3-5-11-20)24-14-8-16-26-17-13-19-9-6-7-12-21(19)26;/h3-7,9-13,17H,2,8,14-16,18H2,1H3,(H2,23,24,25);1H. The lowest BCUT2D eigenvalue weighted by atomic mass is 10.2. The van der Waals surface area contributed by atoms with Gasteiger partial charge in [-0.05, 0) is 43.0 Å². The van der Waals surface area contributed by atoms with Crippen molar-refractivity contribution >= 4 is 50.7 Å². The van der Waals surface area contributed by atoms with Crippen LogP contribution in [0.1, 0.15) is 13.3 Å². The molecule has 6 nitrogen and oxygen atoms in total. The molecule has 0 saturated heterocycles. The van der Waals surface area contributed by atoms with Gasteiger partial charge in [0.2, 0.25) is 0 Å². The fraction of sp³-hybridized carbons (Fsp3) is 0.318. The number of nitrogens with zero attached hydrogens (tertiary/aromatic N) is 2. The maximum atomic E-state index is 12.4. The lowest BCUT2D eigenvalue weighted by Crippen LogP contribution is -2.39. The van der Waals surface area contributed by atoms with Crippen LogP contribution in [0.25, 0.3) is 10.9 Å². The van der Waals surface area contributed by atoms with Crippen LogP contribution >= 0.6 is 24.0 Å². The first-order valence-electron chi connectivity index (χ1n) is 9.94. The molecule has 0 amide bonds. The third-order valence-corrected chi connectivity index (χ3v) is 6.35. The minimum absolute atomic E-state index is 0. The Morgan fingerprint density at radius 3 is 2.50 bits per heavy atom. The first kappa shape index (κ1) is 24.2. The molecule has 3 aromatic rings. The second-order valence-corrected chi connectivity index (χ2v) is 8.85. The van der Waals surface area contributed by atoms with Crippen LogP contribution in [0.5, 0.6) is 0 Å². The summed E-state index contributed by atoms with van der Waals surface area (Å²) in [4.78, 5) is 4.92. The van der Waals surface area contributed by atoms with Crippen LogP contribution in [-0.2, 0) is 16.4 Å². The summed E-state index contributed by atoms with van der Waals surface area (Å²) in [6.45, 7) is 4.57. The third-order valence-electron chi connectivity index (χ3n) is 4.62. The number of hydrogen-bond acceptors (Lipinski definition) is 3. The van der Waals surface area contributed by atoms with Crippen molar-refractivity contribution in [1.29, 1.82) is 0 Å². The highest BCUT2D eigenvalue weighted by Gasteiger charge is 2.13. The van der Waals surface area contributed by atoms with Crippen molar-refractivity contribution < 1.29 is 8.42 Å². The molecule has 0 bridgehead atoms. The molecule has 0 radical (unpaired) electrons. The number of fused-ring (bicyclic) bond motifs is 1. The Labute approximate surface area is 195 Å². The Morgan fingerprint density at radius 2 is 1.73 bits per heavy atom. The number of guanidine groups is 1. The minimum atomic E-state index is -3.30. The molecular formula is C22H29IN4O2S. The van der Waals surface area contributed by atoms with Gasteiger partial charge in [0.05, 0.1) is 10.6 Å². The van der Waals surface area contributed by atoms with Crippen LogP contribution < -0.4 is 10.6 Å². The number of benzene rings is 2. The Bertz CT molecular complexity index is 1050. The molecule has 0 aliphatic heterocycles. The number of hydrogen-bond donors (Lipinski definition) is 2. The Kier molecular flexibility index (Phi) is 9.64. The van der Waals surface area contributed by atoms with Gasteiger partial charge >= 0.3 is 0 Å². The summed E-state index contributed by atoms with van der Waals surface area (Å²) in [5.41, 5.74) is 1.23. The summed E-state index contributed by atoms with van der Waals surface area (Å²) in [7, 11) is -3.30. The SMILES string of the molecule is CCNC(=NCCCn1ccc2ccccc21)NCCS(=O)(=O)c1ccccc1.I. The van der Waals surface area contributed by atoms with Crippen LogP contribution in [-0.4, -0.2) is 44.3 Å². The number of aromatic nitrogens is 1. The molecule has 1 aromatic heterocycles. The fourth-order valence-electron chi connectivity index (χ4n) is 3.16. The summed E-state index contributed by atoms with van der Waals surface area (Å²) in [5, 5.41) is 7.53. The molecule has 162 valence electrons. The van der Waals surface area contributed by atoms with Crippen LogP contribution in [0, 0.1) is 0 Å². The second kappa shape index (κ2) is 11.9. The van der Waals surface area contributed by atoms with E-state index in [1.165, 1.54) is 10.9 Å². The molecule has 0 fully saturated rings. The van der Waals surface area contributed by atoms with Gasteiger partial charge in [-0.3, -0.25) is 4.99 Å². The summed E-state index contributed by atoms with van der Waals surface area (Å²) in [6, 6.07) is 19.0. The van der Waals surface area contributed by atoms with Gasteiger partial charge < -0.3 is 15.2 Å². The average Bonchev–Trinajstić information content (AvgIpc) is 3.15. The smallest absolute Gasteiger partial charge is 0.191 e. The first-order chi connectivity index (χ1) is 14.1. The second-order valence-electron chi connectivity index (χ2n) is 6.74. The van der Waals surface area contributed by atoms with Gasteiger partial charge in [-0.1, -0.05) is 36.4 Å². The van der Waals surface area contributed by atoms with Crippen LogP contribution in [0.2, 0.25) is 0 Å². The first-order valence-corrected chi connectivity index (χ1v) is 11.6. The summed E-state index contributed by atoms with van der Waals surface area (Å²) >= 11 is 0. The van der Waals surface area contributed by atoms with E-state index in [1.54, 1.807) is 24.3 Å². The predicted octanol–water partition coefficient (Wildman–Crippen LogP) is 3.68. The predicted molar refractivity (Wildman–Crippen MR) is 134 cm³/mol. The topological polar surface area (TPSA) is 75.5 Å².